The maximum Gasteiger partial charge on any atom is 0.338 e. The molecule has 8 heteroatoms. The van der Waals surface area contributed by atoms with Crippen molar-refractivity contribution in [1.29, 1.82) is 0 Å². The summed E-state index contributed by atoms with van der Waals surface area (Å²) in [5.41, 5.74) is 2.34. The van der Waals surface area contributed by atoms with Crippen molar-refractivity contribution in [2.75, 3.05) is 6.61 Å². The lowest BCUT2D eigenvalue weighted by Gasteiger charge is -2.24. The molecule has 1 aliphatic rings. The number of rotatable bonds is 4. The predicted molar refractivity (Wildman–Crippen MR) is 123 cm³/mol. The van der Waals surface area contributed by atoms with Gasteiger partial charge >= 0.3 is 5.97 Å². The minimum atomic E-state index is -0.704. The van der Waals surface area contributed by atoms with Crippen LogP contribution in [0.3, 0.4) is 0 Å². The van der Waals surface area contributed by atoms with Gasteiger partial charge in [0, 0.05) is 5.56 Å². The van der Waals surface area contributed by atoms with Crippen molar-refractivity contribution < 1.29 is 13.9 Å². The van der Waals surface area contributed by atoms with Gasteiger partial charge < -0.3 is 4.74 Å². The van der Waals surface area contributed by atoms with Crippen molar-refractivity contribution >= 4 is 35.0 Å². The number of fused-ring (bicyclic) bond motifs is 1. The third kappa shape index (κ3) is 3.94. The molecule has 164 valence electrons. The van der Waals surface area contributed by atoms with Gasteiger partial charge in [-0.25, -0.2) is 14.2 Å². The zero-order valence-electron chi connectivity index (χ0n) is 17.7. The molecule has 0 saturated heterocycles. The number of nitrogens with zero attached hydrogens (tertiary/aromatic N) is 2. The molecule has 1 aliphatic heterocycles. The molecule has 0 bridgehead atoms. The predicted octanol–water partition coefficient (Wildman–Crippen LogP) is 3.90. The van der Waals surface area contributed by atoms with E-state index in [4.69, 9.17) is 16.3 Å². The molecular weight excluding hydrogens is 451 g/mol. The van der Waals surface area contributed by atoms with Gasteiger partial charge in [-0.3, -0.25) is 9.36 Å². The maximum atomic E-state index is 14.3. The number of hydrogen-bond acceptors (Lipinski definition) is 5. The van der Waals surface area contributed by atoms with Crippen molar-refractivity contribution in [3.63, 3.8) is 0 Å². The zero-order chi connectivity index (χ0) is 23.0. The number of ether oxygens (including phenoxy) is 1. The molecule has 0 saturated carbocycles. The second-order valence-corrected chi connectivity index (χ2v) is 8.76. The molecule has 5 nitrogen and oxygen atoms in total. The number of hydrogen-bond donors (Lipinski definition) is 0. The van der Waals surface area contributed by atoms with Crippen LogP contribution in [0.5, 0.6) is 0 Å². The van der Waals surface area contributed by atoms with Crippen LogP contribution in [0.1, 0.15) is 36.6 Å². The Bertz CT molecular complexity index is 1400. The van der Waals surface area contributed by atoms with Crippen LogP contribution in [-0.2, 0) is 9.53 Å². The van der Waals surface area contributed by atoms with Gasteiger partial charge in [0.15, 0.2) is 4.80 Å². The third-order valence-electron chi connectivity index (χ3n) is 5.19. The number of benzene rings is 2. The molecule has 0 radical (unpaired) electrons. The van der Waals surface area contributed by atoms with Gasteiger partial charge in [0.1, 0.15) is 5.82 Å². The highest BCUT2D eigenvalue weighted by atomic mass is 35.5. The van der Waals surface area contributed by atoms with E-state index in [1.54, 1.807) is 19.9 Å². The standard InChI is InChI=1S/C24H20ClFN2O3S/c1-4-31-23(30)20-14(3)27-24-28(21(20)15-10-8-13(2)9-11-15)22(29)19(32-24)12-16-17(25)6-5-7-18(16)26/h5-12,21H,4H2,1-3H3/b19-12+/t21-/m1/s1. The Kier molecular flexibility index (Phi) is 6.13. The normalized spacial score (nSPS) is 16.0. The second-order valence-electron chi connectivity index (χ2n) is 7.35. The summed E-state index contributed by atoms with van der Waals surface area (Å²) in [6, 6.07) is 11.2. The first kappa shape index (κ1) is 22.2. The molecule has 3 aromatic rings. The van der Waals surface area contributed by atoms with Gasteiger partial charge in [-0.05, 0) is 44.5 Å². The molecule has 1 atom stereocenters. The molecule has 1 aromatic heterocycles. The minimum absolute atomic E-state index is 0.132. The highest BCUT2D eigenvalue weighted by Crippen LogP contribution is 2.31. The van der Waals surface area contributed by atoms with Crippen LogP contribution in [0.25, 0.3) is 6.08 Å². The topological polar surface area (TPSA) is 60.7 Å². The summed E-state index contributed by atoms with van der Waals surface area (Å²) < 4.78 is 21.3. The lowest BCUT2D eigenvalue weighted by Crippen LogP contribution is -2.40. The number of carbonyl (C=O) groups excluding carboxylic acids is 1. The Morgan fingerprint density at radius 1 is 1.25 bits per heavy atom. The summed E-state index contributed by atoms with van der Waals surface area (Å²) in [7, 11) is 0. The summed E-state index contributed by atoms with van der Waals surface area (Å²) in [5, 5.41) is 0.203. The van der Waals surface area contributed by atoms with E-state index >= 15 is 0 Å². The molecule has 0 spiro atoms. The molecule has 0 amide bonds. The average Bonchev–Trinajstić information content (AvgIpc) is 3.05. The van der Waals surface area contributed by atoms with Gasteiger partial charge in [-0.2, -0.15) is 0 Å². The Labute approximate surface area is 192 Å². The van der Waals surface area contributed by atoms with Crippen LogP contribution in [0.2, 0.25) is 5.02 Å². The van der Waals surface area contributed by atoms with E-state index in [1.807, 2.05) is 31.2 Å². The first-order chi connectivity index (χ1) is 15.3. The lowest BCUT2D eigenvalue weighted by molar-refractivity contribution is -0.139. The Hall–Kier alpha value is -3.03. The Morgan fingerprint density at radius 3 is 2.62 bits per heavy atom. The number of esters is 1. The van der Waals surface area contributed by atoms with E-state index in [0.717, 1.165) is 22.5 Å². The summed E-state index contributed by atoms with van der Waals surface area (Å²) in [5.74, 6) is -1.05. The van der Waals surface area contributed by atoms with Crippen LogP contribution in [0.4, 0.5) is 4.39 Å². The molecule has 2 heterocycles. The number of aryl methyl sites for hydroxylation is 1. The van der Waals surface area contributed by atoms with Crippen molar-refractivity contribution in [3.8, 4) is 0 Å². The third-order valence-corrected chi connectivity index (χ3v) is 6.50. The van der Waals surface area contributed by atoms with Crippen LogP contribution in [0.15, 0.2) is 63.5 Å². The molecule has 2 aromatic carbocycles. The molecule has 0 unspecified atom stereocenters. The number of carbonyl (C=O) groups is 1. The van der Waals surface area contributed by atoms with E-state index in [1.165, 1.54) is 22.8 Å². The maximum absolute atomic E-state index is 14.3. The van der Waals surface area contributed by atoms with Crippen molar-refractivity contribution in [2.45, 2.75) is 26.8 Å². The van der Waals surface area contributed by atoms with Gasteiger partial charge in [-0.1, -0.05) is 58.8 Å². The van der Waals surface area contributed by atoms with Crippen LogP contribution in [0, 0.1) is 12.7 Å². The molecule has 0 N–H and O–H groups in total. The molecule has 32 heavy (non-hydrogen) atoms. The smallest absolute Gasteiger partial charge is 0.338 e. The summed E-state index contributed by atoms with van der Waals surface area (Å²) in [6.07, 6.45) is 1.43. The fourth-order valence-electron chi connectivity index (χ4n) is 3.64. The van der Waals surface area contributed by atoms with Crippen molar-refractivity contribution in [1.82, 2.24) is 4.57 Å². The SMILES string of the molecule is CCOC(=O)C1=C(C)N=c2s/c(=C/c3c(F)cccc3Cl)c(=O)n2[C@@H]1c1ccc(C)cc1. The van der Waals surface area contributed by atoms with Gasteiger partial charge in [0.25, 0.3) is 5.56 Å². The highest BCUT2D eigenvalue weighted by molar-refractivity contribution is 7.07. The fourth-order valence-corrected chi connectivity index (χ4v) is 4.88. The molecule has 0 aliphatic carbocycles. The summed E-state index contributed by atoms with van der Waals surface area (Å²) in [4.78, 5) is 31.2. The first-order valence-electron chi connectivity index (χ1n) is 10.0. The van der Waals surface area contributed by atoms with Crippen LogP contribution >= 0.6 is 22.9 Å². The largest absolute Gasteiger partial charge is 0.463 e. The van der Waals surface area contributed by atoms with E-state index in [-0.39, 0.29) is 27.3 Å². The number of aromatic nitrogens is 1. The van der Waals surface area contributed by atoms with E-state index < -0.39 is 17.8 Å². The lowest BCUT2D eigenvalue weighted by atomic mass is 9.95. The number of thiazole rings is 1. The first-order valence-corrected chi connectivity index (χ1v) is 11.2. The van der Waals surface area contributed by atoms with Crippen molar-refractivity contribution in [3.05, 3.63) is 101 Å². The van der Waals surface area contributed by atoms with Crippen LogP contribution in [-0.4, -0.2) is 17.1 Å². The second kappa shape index (κ2) is 8.84. The van der Waals surface area contributed by atoms with Crippen molar-refractivity contribution in [2.24, 2.45) is 4.99 Å². The molecular formula is C24H20ClFN2O3S. The Morgan fingerprint density at radius 2 is 1.97 bits per heavy atom. The van der Waals surface area contributed by atoms with Crippen LogP contribution < -0.4 is 14.9 Å². The van der Waals surface area contributed by atoms with E-state index in [9.17, 15) is 14.0 Å². The number of allylic oxidation sites excluding steroid dienone is 1. The van der Waals surface area contributed by atoms with E-state index in [0.29, 0.717) is 16.1 Å². The molecule has 4 rings (SSSR count). The number of halogens is 2. The minimum Gasteiger partial charge on any atom is -0.463 e. The van der Waals surface area contributed by atoms with Gasteiger partial charge in [0.05, 0.1) is 33.5 Å². The Balaban J connectivity index is 1.99. The molecule has 0 fully saturated rings. The van der Waals surface area contributed by atoms with E-state index in [2.05, 4.69) is 4.99 Å². The quantitative estimate of drug-likeness (QED) is 0.543. The zero-order valence-corrected chi connectivity index (χ0v) is 19.3. The summed E-state index contributed by atoms with van der Waals surface area (Å²) >= 11 is 7.28. The van der Waals surface area contributed by atoms with Gasteiger partial charge in [0.2, 0.25) is 0 Å². The monoisotopic (exact) mass is 470 g/mol. The summed E-state index contributed by atoms with van der Waals surface area (Å²) in [6.45, 7) is 5.60. The average molecular weight is 471 g/mol. The highest BCUT2D eigenvalue weighted by Gasteiger charge is 2.33. The van der Waals surface area contributed by atoms with Gasteiger partial charge in [-0.15, -0.1) is 0 Å². The fraction of sp³-hybridized carbons (Fsp3) is 0.208.